The van der Waals surface area contributed by atoms with Gasteiger partial charge in [-0.15, -0.1) is 0 Å². The van der Waals surface area contributed by atoms with Gasteiger partial charge in [0.2, 0.25) is 11.8 Å². The molecule has 220 valence electrons. The second-order valence-corrected chi connectivity index (χ2v) is 12.7. The number of rotatable bonds is 12. The molecule has 0 radical (unpaired) electrons. The number of aryl methyl sites for hydroxylation is 3. The molecule has 0 saturated carbocycles. The van der Waals surface area contributed by atoms with Crippen molar-refractivity contribution in [1.82, 2.24) is 10.2 Å². The first-order chi connectivity index (χ1) is 19.4. The fourth-order valence-electron chi connectivity index (χ4n) is 4.61. The molecule has 0 aliphatic rings. The Bertz CT molecular complexity index is 1470. The number of carbonyl (C=O) groups excluding carboxylic acids is 2. The molecular weight excluding hydrogens is 558 g/mol. The van der Waals surface area contributed by atoms with E-state index in [1.165, 1.54) is 4.90 Å². The highest BCUT2D eigenvalue weighted by Gasteiger charge is 2.34. The Hall–Kier alpha value is -3.36. The van der Waals surface area contributed by atoms with Crippen molar-refractivity contribution >= 4 is 39.1 Å². The number of nitrogens with zero attached hydrogens (tertiary/aromatic N) is 2. The standard InChI is InChI=1S/C32H40ClN3O4S/c1-7-25(6)34-32(38)29(8-2)35(20-26-11-9-10-12-28(26)33)31(37)21-36(30-18-15-23(4)19-24(30)5)41(39,40)27-16-13-22(3)14-17-27/h9-19,25,29H,7-8,20-21H2,1-6H3,(H,34,38)/t25-,29-/m0/s1. The van der Waals surface area contributed by atoms with E-state index in [-0.39, 0.29) is 23.4 Å². The third kappa shape index (κ3) is 7.89. The van der Waals surface area contributed by atoms with E-state index in [4.69, 9.17) is 11.6 Å². The number of hydrogen-bond acceptors (Lipinski definition) is 4. The van der Waals surface area contributed by atoms with Crippen LogP contribution in [0.4, 0.5) is 5.69 Å². The van der Waals surface area contributed by atoms with Crippen LogP contribution in [0.25, 0.3) is 0 Å². The monoisotopic (exact) mass is 597 g/mol. The normalized spacial score (nSPS) is 12.9. The van der Waals surface area contributed by atoms with E-state index in [0.717, 1.165) is 21.9 Å². The van der Waals surface area contributed by atoms with Crippen LogP contribution in [0.5, 0.6) is 0 Å². The van der Waals surface area contributed by atoms with Crippen molar-refractivity contribution in [3.63, 3.8) is 0 Å². The first-order valence-corrected chi connectivity index (χ1v) is 15.7. The minimum Gasteiger partial charge on any atom is -0.352 e. The largest absolute Gasteiger partial charge is 0.352 e. The van der Waals surface area contributed by atoms with Crippen LogP contribution in [0.3, 0.4) is 0 Å². The molecule has 0 heterocycles. The first kappa shape index (κ1) is 32.2. The Morgan fingerprint density at radius 1 is 0.902 bits per heavy atom. The molecule has 3 aromatic rings. The van der Waals surface area contributed by atoms with E-state index < -0.39 is 28.5 Å². The molecule has 0 saturated heterocycles. The van der Waals surface area contributed by atoms with Gasteiger partial charge in [-0.25, -0.2) is 8.42 Å². The lowest BCUT2D eigenvalue weighted by molar-refractivity contribution is -0.140. The average molecular weight is 598 g/mol. The predicted octanol–water partition coefficient (Wildman–Crippen LogP) is 6.18. The number of amides is 2. The van der Waals surface area contributed by atoms with E-state index in [1.807, 2.05) is 59.7 Å². The van der Waals surface area contributed by atoms with Gasteiger partial charge in [0.1, 0.15) is 12.6 Å². The third-order valence-electron chi connectivity index (χ3n) is 7.19. The summed E-state index contributed by atoms with van der Waals surface area (Å²) in [5.41, 5.74) is 3.67. The molecule has 0 aliphatic carbocycles. The minimum absolute atomic E-state index is 0.0518. The van der Waals surface area contributed by atoms with Crippen molar-refractivity contribution in [2.45, 2.75) is 77.9 Å². The molecule has 0 unspecified atom stereocenters. The van der Waals surface area contributed by atoms with Gasteiger partial charge in [-0.2, -0.15) is 0 Å². The highest BCUT2D eigenvalue weighted by atomic mass is 35.5. The molecule has 0 fully saturated rings. The van der Waals surface area contributed by atoms with Crippen molar-refractivity contribution in [3.8, 4) is 0 Å². The summed E-state index contributed by atoms with van der Waals surface area (Å²) in [5.74, 6) is -0.798. The van der Waals surface area contributed by atoms with Gasteiger partial charge >= 0.3 is 0 Å². The molecule has 3 aromatic carbocycles. The zero-order valence-electron chi connectivity index (χ0n) is 24.6. The Kier molecular flexibility index (Phi) is 11.0. The molecule has 2 atom stereocenters. The molecule has 9 heteroatoms. The van der Waals surface area contributed by atoms with Crippen molar-refractivity contribution in [2.24, 2.45) is 0 Å². The fourth-order valence-corrected chi connectivity index (χ4v) is 6.28. The molecule has 0 aromatic heterocycles. The van der Waals surface area contributed by atoms with Crippen LogP contribution in [0.15, 0.2) is 71.6 Å². The highest BCUT2D eigenvalue weighted by molar-refractivity contribution is 7.92. The van der Waals surface area contributed by atoms with Crippen molar-refractivity contribution in [2.75, 3.05) is 10.8 Å². The third-order valence-corrected chi connectivity index (χ3v) is 9.34. The zero-order valence-corrected chi connectivity index (χ0v) is 26.2. The number of benzene rings is 3. The second-order valence-electron chi connectivity index (χ2n) is 10.5. The van der Waals surface area contributed by atoms with Crippen molar-refractivity contribution in [1.29, 1.82) is 0 Å². The number of carbonyl (C=O) groups is 2. The topological polar surface area (TPSA) is 86.8 Å². The molecule has 7 nitrogen and oxygen atoms in total. The molecule has 2 amide bonds. The van der Waals surface area contributed by atoms with Crippen LogP contribution in [-0.4, -0.2) is 43.8 Å². The van der Waals surface area contributed by atoms with Gasteiger partial charge < -0.3 is 10.2 Å². The average Bonchev–Trinajstić information content (AvgIpc) is 2.93. The molecule has 0 aliphatic heterocycles. The van der Waals surface area contributed by atoms with Gasteiger partial charge in [-0.1, -0.05) is 79.0 Å². The first-order valence-electron chi connectivity index (χ1n) is 13.9. The molecular formula is C32H40ClN3O4S. The minimum atomic E-state index is -4.13. The van der Waals surface area contributed by atoms with Gasteiger partial charge in [0.05, 0.1) is 10.6 Å². The van der Waals surface area contributed by atoms with Gasteiger partial charge in [0.25, 0.3) is 10.0 Å². The summed E-state index contributed by atoms with van der Waals surface area (Å²) in [7, 11) is -4.13. The number of sulfonamides is 1. The smallest absolute Gasteiger partial charge is 0.264 e. The maximum atomic E-state index is 14.2. The Morgan fingerprint density at radius 3 is 2.12 bits per heavy atom. The number of anilines is 1. The number of nitrogens with one attached hydrogen (secondary N) is 1. The van der Waals surface area contributed by atoms with Crippen LogP contribution in [0.1, 0.15) is 55.9 Å². The summed E-state index contributed by atoms with van der Waals surface area (Å²) < 4.78 is 29.3. The van der Waals surface area contributed by atoms with E-state index in [2.05, 4.69) is 5.32 Å². The van der Waals surface area contributed by atoms with Gasteiger partial charge in [0.15, 0.2) is 0 Å². The van der Waals surface area contributed by atoms with E-state index in [0.29, 0.717) is 28.3 Å². The summed E-state index contributed by atoms with van der Waals surface area (Å²) in [4.78, 5) is 29.1. The van der Waals surface area contributed by atoms with Crippen LogP contribution >= 0.6 is 11.6 Å². The van der Waals surface area contributed by atoms with Crippen LogP contribution in [-0.2, 0) is 26.2 Å². The molecule has 3 rings (SSSR count). The SMILES string of the molecule is CC[C@H](C)NC(=O)[C@H](CC)N(Cc1ccccc1Cl)C(=O)CN(c1ccc(C)cc1C)S(=O)(=O)c1ccc(C)cc1. The Morgan fingerprint density at radius 2 is 1.54 bits per heavy atom. The van der Waals surface area contributed by atoms with Crippen molar-refractivity contribution < 1.29 is 18.0 Å². The quantitative estimate of drug-likeness (QED) is 0.270. The number of hydrogen-bond donors (Lipinski definition) is 1. The summed E-state index contributed by atoms with van der Waals surface area (Å²) in [6, 6.07) is 18.2. The van der Waals surface area contributed by atoms with Crippen LogP contribution in [0, 0.1) is 20.8 Å². The number of halogens is 1. The van der Waals surface area contributed by atoms with Gasteiger partial charge in [0, 0.05) is 17.6 Å². The summed E-state index contributed by atoms with van der Waals surface area (Å²) in [6.45, 7) is 10.9. The highest BCUT2D eigenvalue weighted by Crippen LogP contribution is 2.29. The predicted molar refractivity (Wildman–Crippen MR) is 166 cm³/mol. The summed E-state index contributed by atoms with van der Waals surface area (Å²) >= 11 is 6.47. The van der Waals surface area contributed by atoms with E-state index >= 15 is 0 Å². The van der Waals surface area contributed by atoms with Gasteiger partial charge in [-0.05, 0) is 75.9 Å². The van der Waals surface area contributed by atoms with E-state index in [1.54, 1.807) is 48.5 Å². The molecule has 0 bridgehead atoms. The van der Waals surface area contributed by atoms with Gasteiger partial charge in [-0.3, -0.25) is 13.9 Å². The maximum absolute atomic E-state index is 14.2. The molecule has 1 N–H and O–H groups in total. The zero-order chi connectivity index (χ0) is 30.3. The second kappa shape index (κ2) is 14.0. The summed E-state index contributed by atoms with van der Waals surface area (Å²) in [6.07, 6.45) is 1.07. The molecule has 41 heavy (non-hydrogen) atoms. The van der Waals surface area contributed by atoms with E-state index in [9.17, 15) is 18.0 Å². The maximum Gasteiger partial charge on any atom is 0.264 e. The Labute approximate surface area is 249 Å². The fraction of sp³-hybridized carbons (Fsp3) is 0.375. The molecule has 0 spiro atoms. The van der Waals surface area contributed by atoms with Crippen LogP contribution < -0.4 is 9.62 Å². The lowest BCUT2D eigenvalue weighted by atomic mass is 10.1. The van der Waals surface area contributed by atoms with Crippen LogP contribution in [0.2, 0.25) is 5.02 Å². The van der Waals surface area contributed by atoms with Crippen molar-refractivity contribution in [3.05, 3.63) is 94.0 Å². The lowest BCUT2D eigenvalue weighted by Gasteiger charge is -2.34. The Balaban J connectivity index is 2.10. The lowest BCUT2D eigenvalue weighted by Crippen LogP contribution is -2.53. The summed E-state index contributed by atoms with van der Waals surface area (Å²) in [5, 5.41) is 3.44.